The number of urea groups is 1. The molecule has 0 spiro atoms. The summed E-state index contributed by atoms with van der Waals surface area (Å²) in [5.74, 6) is 1.40. The standard InChI is InChI=1S/C25H32N4O2/c1-18(30)19-8-10-22(11-9-19)27-25(31)26-15-24-14-20-12-13-29(24)17-21(20)16-28(2)23-6-4-3-5-7-23/h3-11,20-21,24H,12-17H2,1-2H3,(H2,26,27,31)/t20-,21+,24-/m1/s1. The summed E-state index contributed by atoms with van der Waals surface area (Å²) < 4.78 is 0. The van der Waals surface area contributed by atoms with Crippen LogP contribution in [-0.4, -0.2) is 56.0 Å². The van der Waals surface area contributed by atoms with Crippen LogP contribution in [0.5, 0.6) is 0 Å². The third-order valence-corrected chi connectivity index (χ3v) is 6.77. The van der Waals surface area contributed by atoms with Gasteiger partial charge in [0.25, 0.3) is 0 Å². The molecule has 6 nitrogen and oxygen atoms in total. The van der Waals surface area contributed by atoms with Crippen molar-refractivity contribution in [3.63, 3.8) is 0 Å². The van der Waals surface area contributed by atoms with Crippen LogP contribution in [0.3, 0.4) is 0 Å². The molecule has 5 rings (SSSR count). The predicted molar refractivity (Wildman–Crippen MR) is 125 cm³/mol. The molecule has 3 saturated heterocycles. The fourth-order valence-electron chi connectivity index (χ4n) is 4.98. The smallest absolute Gasteiger partial charge is 0.319 e. The average Bonchev–Trinajstić information content (AvgIpc) is 2.79. The fraction of sp³-hybridized carbons (Fsp3) is 0.440. The topological polar surface area (TPSA) is 64.7 Å². The van der Waals surface area contributed by atoms with Crippen LogP contribution in [0, 0.1) is 11.8 Å². The first-order chi connectivity index (χ1) is 15.0. The number of benzene rings is 2. The van der Waals surface area contributed by atoms with Gasteiger partial charge >= 0.3 is 6.03 Å². The van der Waals surface area contributed by atoms with E-state index in [0.717, 1.165) is 26.1 Å². The van der Waals surface area contributed by atoms with E-state index in [1.807, 2.05) is 0 Å². The van der Waals surface area contributed by atoms with Gasteiger partial charge in [0, 0.05) is 49.7 Å². The summed E-state index contributed by atoms with van der Waals surface area (Å²) in [5, 5.41) is 5.89. The Bertz CT molecular complexity index is 899. The normalized spacial score (nSPS) is 24.5. The molecule has 164 valence electrons. The SMILES string of the molecule is CC(=O)c1ccc(NC(=O)NC[C@H]2C[C@H]3CCN2C[C@@H]3CN(C)c2ccccc2)cc1. The molecule has 0 radical (unpaired) electrons. The number of anilines is 2. The lowest BCUT2D eigenvalue weighted by Gasteiger charge is -2.50. The van der Waals surface area contributed by atoms with Gasteiger partial charge in [0.2, 0.25) is 0 Å². The largest absolute Gasteiger partial charge is 0.374 e. The van der Waals surface area contributed by atoms with Crippen molar-refractivity contribution in [3.8, 4) is 0 Å². The number of nitrogens with zero attached hydrogens (tertiary/aromatic N) is 2. The molecular weight excluding hydrogens is 388 g/mol. The zero-order valence-corrected chi connectivity index (χ0v) is 18.4. The van der Waals surface area contributed by atoms with Crippen molar-refractivity contribution in [2.24, 2.45) is 11.8 Å². The van der Waals surface area contributed by atoms with Crippen LogP contribution in [0.4, 0.5) is 16.2 Å². The zero-order chi connectivity index (χ0) is 21.8. The molecule has 2 amide bonds. The van der Waals surface area contributed by atoms with E-state index in [2.05, 4.69) is 57.8 Å². The molecule has 0 saturated carbocycles. The highest BCUT2D eigenvalue weighted by molar-refractivity contribution is 5.95. The molecule has 3 heterocycles. The van der Waals surface area contributed by atoms with E-state index in [1.165, 1.54) is 19.0 Å². The number of ketones is 1. The number of rotatable bonds is 7. The molecule has 2 aromatic rings. The maximum atomic E-state index is 12.3. The Balaban J connectivity index is 1.25. The van der Waals surface area contributed by atoms with Gasteiger partial charge in [0.1, 0.15) is 0 Å². The summed E-state index contributed by atoms with van der Waals surface area (Å²) in [6.45, 7) is 5.49. The molecule has 2 bridgehead atoms. The number of para-hydroxylation sites is 1. The Hall–Kier alpha value is -2.86. The summed E-state index contributed by atoms with van der Waals surface area (Å²) >= 11 is 0. The number of carbonyl (C=O) groups is 2. The highest BCUT2D eigenvalue weighted by Gasteiger charge is 2.40. The Morgan fingerprint density at radius 1 is 1.10 bits per heavy atom. The number of Topliss-reactive ketones (excluding diaryl/α,β-unsaturated/α-hetero) is 1. The number of piperidine rings is 3. The first-order valence-corrected chi connectivity index (χ1v) is 11.2. The highest BCUT2D eigenvalue weighted by atomic mass is 16.2. The molecule has 1 unspecified atom stereocenters. The lowest BCUT2D eigenvalue weighted by molar-refractivity contribution is 0.00612. The van der Waals surface area contributed by atoms with E-state index < -0.39 is 0 Å². The molecule has 2 N–H and O–H groups in total. The van der Waals surface area contributed by atoms with Crippen molar-refractivity contribution >= 4 is 23.2 Å². The van der Waals surface area contributed by atoms with Gasteiger partial charge < -0.3 is 15.5 Å². The third-order valence-electron chi connectivity index (χ3n) is 6.77. The van der Waals surface area contributed by atoms with E-state index in [-0.39, 0.29) is 11.8 Å². The summed E-state index contributed by atoms with van der Waals surface area (Å²) in [4.78, 5) is 28.6. The Morgan fingerprint density at radius 2 is 1.84 bits per heavy atom. The summed E-state index contributed by atoms with van der Waals surface area (Å²) in [6.07, 6.45) is 2.39. The molecule has 3 aliphatic heterocycles. The van der Waals surface area contributed by atoms with Crippen molar-refractivity contribution in [3.05, 3.63) is 60.2 Å². The van der Waals surface area contributed by atoms with Crippen molar-refractivity contribution in [1.29, 1.82) is 0 Å². The zero-order valence-electron chi connectivity index (χ0n) is 18.4. The van der Waals surface area contributed by atoms with E-state index in [1.54, 1.807) is 24.3 Å². The summed E-state index contributed by atoms with van der Waals surface area (Å²) in [6, 6.07) is 17.8. The Kier molecular flexibility index (Phi) is 6.56. The number of hydrogen-bond acceptors (Lipinski definition) is 4. The van der Waals surface area contributed by atoms with Gasteiger partial charge in [-0.2, -0.15) is 0 Å². The molecule has 2 aromatic carbocycles. The minimum absolute atomic E-state index is 0.0191. The van der Waals surface area contributed by atoms with Gasteiger partial charge in [0.15, 0.2) is 5.78 Å². The van der Waals surface area contributed by atoms with E-state index in [0.29, 0.717) is 35.7 Å². The van der Waals surface area contributed by atoms with Crippen molar-refractivity contribution in [2.75, 3.05) is 43.4 Å². The minimum atomic E-state index is -0.196. The quantitative estimate of drug-likeness (QED) is 0.668. The molecule has 3 fully saturated rings. The summed E-state index contributed by atoms with van der Waals surface area (Å²) in [7, 11) is 2.18. The number of fused-ring (bicyclic) bond motifs is 3. The number of nitrogens with one attached hydrogen (secondary N) is 2. The van der Waals surface area contributed by atoms with E-state index in [4.69, 9.17) is 0 Å². The second-order valence-corrected chi connectivity index (χ2v) is 8.88. The van der Waals surface area contributed by atoms with Crippen LogP contribution >= 0.6 is 0 Å². The lowest BCUT2D eigenvalue weighted by atomic mass is 9.75. The fourth-order valence-corrected chi connectivity index (χ4v) is 4.98. The van der Waals surface area contributed by atoms with Crippen molar-refractivity contribution in [1.82, 2.24) is 10.2 Å². The van der Waals surface area contributed by atoms with Crippen molar-refractivity contribution in [2.45, 2.75) is 25.8 Å². The van der Waals surface area contributed by atoms with Gasteiger partial charge in [-0.25, -0.2) is 4.79 Å². The molecule has 0 aliphatic carbocycles. The van der Waals surface area contributed by atoms with Crippen molar-refractivity contribution < 1.29 is 9.59 Å². The van der Waals surface area contributed by atoms with Crippen LogP contribution in [0.25, 0.3) is 0 Å². The first kappa shape index (κ1) is 21.4. The maximum Gasteiger partial charge on any atom is 0.319 e. The number of amides is 2. The Morgan fingerprint density at radius 3 is 2.48 bits per heavy atom. The average molecular weight is 421 g/mol. The maximum absolute atomic E-state index is 12.3. The van der Waals surface area contributed by atoms with Crippen LogP contribution < -0.4 is 15.5 Å². The van der Waals surface area contributed by atoms with Crippen LogP contribution in [0.15, 0.2) is 54.6 Å². The predicted octanol–water partition coefficient (Wildman–Crippen LogP) is 3.86. The molecular formula is C25H32N4O2. The summed E-state index contributed by atoms with van der Waals surface area (Å²) in [5.41, 5.74) is 2.60. The second-order valence-electron chi connectivity index (χ2n) is 8.88. The van der Waals surface area contributed by atoms with Gasteiger partial charge in [-0.05, 0) is 74.5 Å². The minimum Gasteiger partial charge on any atom is -0.374 e. The molecule has 6 heteroatoms. The number of carbonyl (C=O) groups excluding carboxylic acids is 2. The second kappa shape index (κ2) is 9.52. The first-order valence-electron chi connectivity index (χ1n) is 11.2. The van der Waals surface area contributed by atoms with Gasteiger partial charge in [0.05, 0.1) is 0 Å². The van der Waals surface area contributed by atoms with Crippen LogP contribution in [0.2, 0.25) is 0 Å². The lowest BCUT2D eigenvalue weighted by Crippen LogP contribution is -2.58. The van der Waals surface area contributed by atoms with Gasteiger partial charge in [-0.1, -0.05) is 18.2 Å². The monoisotopic (exact) mass is 420 g/mol. The Labute approximate surface area is 184 Å². The van der Waals surface area contributed by atoms with E-state index >= 15 is 0 Å². The van der Waals surface area contributed by atoms with Gasteiger partial charge in [-0.15, -0.1) is 0 Å². The molecule has 4 atom stereocenters. The molecule has 3 aliphatic rings. The van der Waals surface area contributed by atoms with Crippen LogP contribution in [-0.2, 0) is 0 Å². The van der Waals surface area contributed by atoms with Gasteiger partial charge in [-0.3, -0.25) is 9.69 Å². The highest BCUT2D eigenvalue weighted by Crippen LogP contribution is 2.36. The van der Waals surface area contributed by atoms with E-state index in [9.17, 15) is 9.59 Å². The molecule has 31 heavy (non-hydrogen) atoms. The molecule has 0 aromatic heterocycles. The number of hydrogen-bond donors (Lipinski definition) is 2. The van der Waals surface area contributed by atoms with Crippen LogP contribution in [0.1, 0.15) is 30.1 Å². The third kappa shape index (κ3) is 5.25.